The quantitative estimate of drug-likeness (QED) is 0.863. The summed E-state index contributed by atoms with van der Waals surface area (Å²) in [5.74, 6) is 0.703. The molecule has 2 N–H and O–H groups in total. The average molecular weight is 274 g/mol. The summed E-state index contributed by atoms with van der Waals surface area (Å²) in [6, 6.07) is 0.246. The van der Waals surface area contributed by atoms with E-state index < -0.39 is 0 Å². The first kappa shape index (κ1) is 10.7. The van der Waals surface area contributed by atoms with Crippen molar-refractivity contribution in [3.8, 4) is 0 Å². The van der Waals surface area contributed by atoms with Crippen LogP contribution in [0.1, 0.15) is 43.7 Å². The number of halogens is 1. The topological polar surface area (TPSA) is 26.0 Å². The lowest BCUT2D eigenvalue weighted by atomic mass is 9.82. The van der Waals surface area contributed by atoms with Crippen molar-refractivity contribution in [3.05, 3.63) is 20.8 Å². The SMILES string of the molecule is NC(c1cscc1Br)C1CCCCC1. The third-order valence-corrected chi connectivity index (χ3v) is 4.91. The summed E-state index contributed by atoms with van der Waals surface area (Å²) in [5.41, 5.74) is 7.60. The lowest BCUT2D eigenvalue weighted by molar-refractivity contribution is 0.308. The Morgan fingerprint density at radius 3 is 2.57 bits per heavy atom. The van der Waals surface area contributed by atoms with E-state index in [1.54, 1.807) is 11.3 Å². The molecule has 0 aliphatic heterocycles. The summed E-state index contributed by atoms with van der Waals surface area (Å²) in [5, 5.41) is 4.31. The predicted molar refractivity (Wildman–Crippen MR) is 65.5 cm³/mol. The van der Waals surface area contributed by atoms with E-state index in [0.717, 1.165) is 0 Å². The van der Waals surface area contributed by atoms with Crippen LogP contribution in [0.15, 0.2) is 15.2 Å². The molecular weight excluding hydrogens is 258 g/mol. The minimum atomic E-state index is 0.246. The third-order valence-electron chi connectivity index (χ3n) is 3.16. The Bertz CT molecular complexity index is 291. The predicted octanol–water partition coefficient (Wildman–Crippen LogP) is 4.09. The standard InChI is InChI=1S/C11H16BrNS/c12-10-7-14-6-9(10)11(13)8-4-2-1-3-5-8/h6-8,11H,1-5,13H2. The Labute approximate surface area is 97.8 Å². The molecule has 1 aliphatic carbocycles. The molecule has 78 valence electrons. The van der Waals surface area contributed by atoms with E-state index >= 15 is 0 Å². The van der Waals surface area contributed by atoms with Crippen LogP contribution in [0.25, 0.3) is 0 Å². The molecule has 1 atom stereocenters. The Morgan fingerprint density at radius 2 is 2.00 bits per heavy atom. The zero-order valence-corrected chi connectivity index (χ0v) is 10.6. The minimum Gasteiger partial charge on any atom is -0.324 e. The number of hydrogen-bond acceptors (Lipinski definition) is 2. The highest BCUT2D eigenvalue weighted by Crippen LogP contribution is 2.36. The van der Waals surface area contributed by atoms with E-state index in [1.807, 2.05) is 0 Å². The Balaban J connectivity index is 2.07. The molecule has 3 heteroatoms. The van der Waals surface area contributed by atoms with E-state index in [1.165, 1.54) is 42.1 Å². The minimum absolute atomic E-state index is 0.246. The summed E-state index contributed by atoms with van der Waals surface area (Å²) in [7, 11) is 0. The van der Waals surface area contributed by atoms with Gasteiger partial charge in [0.25, 0.3) is 0 Å². The molecule has 2 rings (SSSR count). The normalized spacial score (nSPS) is 21.0. The molecule has 0 spiro atoms. The average Bonchev–Trinajstić information content (AvgIpc) is 2.65. The largest absolute Gasteiger partial charge is 0.324 e. The number of rotatable bonds is 2. The van der Waals surface area contributed by atoms with Gasteiger partial charge in [-0.15, -0.1) is 0 Å². The Hall–Kier alpha value is 0.140. The van der Waals surface area contributed by atoms with Crippen molar-refractivity contribution in [3.63, 3.8) is 0 Å². The van der Waals surface area contributed by atoms with E-state index in [0.29, 0.717) is 5.92 Å². The molecule has 1 aliphatic rings. The van der Waals surface area contributed by atoms with Crippen LogP contribution in [0.2, 0.25) is 0 Å². The summed E-state index contributed by atoms with van der Waals surface area (Å²) in [6.45, 7) is 0. The first-order valence-corrected chi connectivity index (χ1v) is 7.00. The summed E-state index contributed by atoms with van der Waals surface area (Å²) in [4.78, 5) is 0. The van der Waals surface area contributed by atoms with Crippen LogP contribution in [-0.2, 0) is 0 Å². The highest BCUT2D eigenvalue weighted by Gasteiger charge is 2.23. The molecule has 1 fully saturated rings. The van der Waals surface area contributed by atoms with Crippen LogP contribution in [0, 0.1) is 5.92 Å². The van der Waals surface area contributed by atoms with E-state index in [2.05, 4.69) is 26.7 Å². The summed E-state index contributed by atoms with van der Waals surface area (Å²) < 4.78 is 1.19. The molecule has 0 aromatic carbocycles. The van der Waals surface area contributed by atoms with Gasteiger partial charge in [0.15, 0.2) is 0 Å². The van der Waals surface area contributed by atoms with Crippen LogP contribution >= 0.6 is 27.3 Å². The molecule has 1 nitrogen and oxygen atoms in total. The van der Waals surface area contributed by atoms with Gasteiger partial charge in [-0.05, 0) is 45.6 Å². The van der Waals surface area contributed by atoms with Crippen LogP contribution < -0.4 is 5.73 Å². The molecular formula is C11H16BrNS. The van der Waals surface area contributed by atoms with Gasteiger partial charge in [0, 0.05) is 15.9 Å². The molecule has 1 aromatic heterocycles. The molecule has 14 heavy (non-hydrogen) atoms. The Kier molecular flexibility index (Phi) is 3.63. The molecule has 1 saturated carbocycles. The van der Waals surface area contributed by atoms with Gasteiger partial charge in [0.1, 0.15) is 0 Å². The van der Waals surface area contributed by atoms with Gasteiger partial charge in [0.05, 0.1) is 0 Å². The fourth-order valence-electron chi connectivity index (χ4n) is 2.28. The Morgan fingerprint density at radius 1 is 1.29 bits per heavy atom. The van der Waals surface area contributed by atoms with Crippen molar-refractivity contribution in [1.29, 1.82) is 0 Å². The first-order chi connectivity index (χ1) is 6.79. The van der Waals surface area contributed by atoms with Crippen LogP contribution in [-0.4, -0.2) is 0 Å². The summed E-state index contributed by atoms with van der Waals surface area (Å²) in [6.07, 6.45) is 6.74. The molecule has 0 amide bonds. The number of thiophene rings is 1. The lowest BCUT2D eigenvalue weighted by Gasteiger charge is -2.27. The second-order valence-electron chi connectivity index (χ2n) is 4.10. The maximum absolute atomic E-state index is 6.29. The van der Waals surface area contributed by atoms with Crippen molar-refractivity contribution < 1.29 is 0 Å². The van der Waals surface area contributed by atoms with Crippen LogP contribution in [0.3, 0.4) is 0 Å². The second-order valence-corrected chi connectivity index (χ2v) is 5.70. The molecule has 1 heterocycles. The van der Waals surface area contributed by atoms with Gasteiger partial charge in [0.2, 0.25) is 0 Å². The maximum Gasteiger partial charge on any atom is 0.0343 e. The van der Waals surface area contributed by atoms with Gasteiger partial charge in [-0.2, -0.15) is 11.3 Å². The van der Waals surface area contributed by atoms with Crippen molar-refractivity contribution in [1.82, 2.24) is 0 Å². The third kappa shape index (κ3) is 2.20. The van der Waals surface area contributed by atoms with Gasteiger partial charge >= 0.3 is 0 Å². The number of nitrogens with two attached hydrogens (primary N) is 1. The van der Waals surface area contributed by atoms with Crippen molar-refractivity contribution >= 4 is 27.3 Å². The zero-order valence-electron chi connectivity index (χ0n) is 8.21. The molecule has 0 saturated heterocycles. The van der Waals surface area contributed by atoms with Crippen LogP contribution in [0.5, 0.6) is 0 Å². The van der Waals surface area contributed by atoms with Gasteiger partial charge in [-0.25, -0.2) is 0 Å². The fourth-order valence-corrected chi connectivity index (χ4v) is 3.88. The molecule has 0 radical (unpaired) electrons. The van der Waals surface area contributed by atoms with E-state index in [4.69, 9.17) is 5.73 Å². The highest BCUT2D eigenvalue weighted by molar-refractivity contribution is 9.10. The van der Waals surface area contributed by atoms with Gasteiger partial charge in [-0.1, -0.05) is 19.3 Å². The van der Waals surface area contributed by atoms with Gasteiger partial charge in [-0.3, -0.25) is 0 Å². The molecule has 1 unspecified atom stereocenters. The fraction of sp³-hybridized carbons (Fsp3) is 0.636. The molecule has 1 aromatic rings. The maximum atomic E-state index is 6.29. The van der Waals surface area contributed by atoms with Crippen molar-refractivity contribution in [2.45, 2.75) is 38.1 Å². The van der Waals surface area contributed by atoms with Crippen molar-refractivity contribution in [2.24, 2.45) is 11.7 Å². The van der Waals surface area contributed by atoms with Crippen molar-refractivity contribution in [2.75, 3.05) is 0 Å². The summed E-state index contributed by atoms with van der Waals surface area (Å²) >= 11 is 5.30. The van der Waals surface area contributed by atoms with E-state index in [9.17, 15) is 0 Å². The van der Waals surface area contributed by atoms with Gasteiger partial charge < -0.3 is 5.73 Å². The smallest absolute Gasteiger partial charge is 0.0343 e. The first-order valence-electron chi connectivity index (χ1n) is 5.26. The lowest BCUT2D eigenvalue weighted by Crippen LogP contribution is -2.23. The monoisotopic (exact) mass is 273 g/mol. The molecule has 0 bridgehead atoms. The second kappa shape index (κ2) is 4.77. The highest BCUT2D eigenvalue weighted by atomic mass is 79.9. The number of hydrogen-bond donors (Lipinski definition) is 1. The zero-order chi connectivity index (χ0) is 9.97. The van der Waals surface area contributed by atoms with E-state index in [-0.39, 0.29) is 6.04 Å². The van der Waals surface area contributed by atoms with Crippen LogP contribution in [0.4, 0.5) is 0 Å².